The molecule has 1 atom stereocenters. The molecule has 1 N–H and O–H groups in total. The van der Waals surface area contributed by atoms with Crippen LogP contribution in [0.25, 0.3) is 0 Å². The van der Waals surface area contributed by atoms with Gasteiger partial charge in [-0.15, -0.1) is 0 Å². The first kappa shape index (κ1) is 19.7. The zero-order chi connectivity index (χ0) is 18.4. The summed E-state index contributed by atoms with van der Waals surface area (Å²) >= 11 is 0. The van der Waals surface area contributed by atoms with E-state index in [4.69, 9.17) is 4.74 Å². The van der Waals surface area contributed by atoms with Gasteiger partial charge in [-0.1, -0.05) is 32.0 Å². The van der Waals surface area contributed by atoms with Crippen molar-refractivity contribution in [2.75, 3.05) is 26.0 Å². The Hall–Kier alpha value is -1.60. The zero-order valence-corrected chi connectivity index (χ0v) is 16.0. The van der Waals surface area contributed by atoms with Gasteiger partial charge < -0.3 is 9.64 Å². The highest BCUT2D eigenvalue weighted by molar-refractivity contribution is 7.88. The second-order valence-electron chi connectivity index (χ2n) is 6.68. The Morgan fingerprint density at radius 1 is 1.32 bits per heavy atom. The number of piperidine rings is 1. The topological polar surface area (TPSA) is 75.7 Å². The Morgan fingerprint density at radius 3 is 2.56 bits per heavy atom. The van der Waals surface area contributed by atoms with Crippen molar-refractivity contribution in [2.24, 2.45) is 0 Å². The number of para-hydroxylation sites is 1. The smallest absolute Gasteiger partial charge is 0.260 e. The normalized spacial score (nSPS) is 17.3. The van der Waals surface area contributed by atoms with E-state index in [9.17, 15) is 13.2 Å². The number of rotatable bonds is 7. The molecule has 1 aromatic carbocycles. The van der Waals surface area contributed by atoms with Gasteiger partial charge in [-0.05, 0) is 36.8 Å². The Bertz CT molecular complexity index is 682. The van der Waals surface area contributed by atoms with Crippen LogP contribution >= 0.6 is 0 Å². The minimum absolute atomic E-state index is 0.0115. The molecule has 1 aliphatic heterocycles. The quantitative estimate of drug-likeness (QED) is 0.800. The van der Waals surface area contributed by atoms with Crippen LogP contribution in [-0.2, 0) is 14.8 Å². The number of benzene rings is 1. The molecule has 6 nitrogen and oxygen atoms in total. The van der Waals surface area contributed by atoms with Crippen molar-refractivity contribution in [2.45, 2.75) is 45.1 Å². The Balaban J connectivity index is 1.86. The van der Waals surface area contributed by atoms with Gasteiger partial charge in [0.15, 0.2) is 6.61 Å². The van der Waals surface area contributed by atoms with Crippen molar-refractivity contribution in [1.82, 2.24) is 9.62 Å². The second-order valence-corrected chi connectivity index (χ2v) is 8.46. The number of nitrogens with one attached hydrogen (secondary N) is 1. The van der Waals surface area contributed by atoms with Crippen LogP contribution in [0.15, 0.2) is 24.3 Å². The SMILES string of the molecule is CCC(C)c1ccccc1OCC(=O)N1CCC(NS(C)(=O)=O)CC1. The van der Waals surface area contributed by atoms with Gasteiger partial charge in [0.2, 0.25) is 10.0 Å². The summed E-state index contributed by atoms with van der Waals surface area (Å²) in [4.78, 5) is 14.1. The highest BCUT2D eigenvalue weighted by atomic mass is 32.2. The number of hydrogen-bond donors (Lipinski definition) is 1. The molecule has 1 amide bonds. The standard InChI is InChI=1S/C18H28N2O4S/c1-4-14(2)16-7-5-6-8-17(16)24-13-18(21)20-11-9-15(10-12-20)19-25(3,22)23/h5-8,14-15,19H,4,9-13H2,1-3H3. The molecule has 0 spiro atoms. The van der Waals surface area contributed by atoms with E-state index in [2.05, 4.69) is 18.6 Å². The van der Waals surface area contributed by atoms with Gasteiger partial charge in [0.1, 0.15) is 5.75 Å². The third-order valence-corrected chi connectivity index (χ3v) is 5.40. The number of hydrogen-bond acceptors (Lipinski definition) is 4. The van der Waals surface area contributed by atoms with Crippen LogP contribution in [0.1, 0.15) is 44.6 Å². The molecule has 0 saturated carbocycles. The lowest BCUT2D eigenvalue weighted by Crippen LogP contribution is -2.47. The fourth-order valence-electron chi connectivity index (χ4n) is 3.02. The lowest BCUT2D eigenvalue weighted by molar-refractivity contribution is -0.134. The van der Waals surface area contributed by atoms with Crippen LogP contribution < -0.4 is 9.46 Å². The van der Waals surface area contributed by atoms with Crippen molar-refractivity contribution in [1.29, 1.82) is 0 Å². The first-order chi connectivity index (χ1) is 11.8. The van der Waals surface area contributed by atoms with E-state index in [0.717, 1.165) is 24.0 Å². The Kier molecular flexibility index (Phi) is 6.84. The van der Waals surface area contributed by atoms with Crippen LogP contribution in [-0.4, -0.2) is 51.2 Å². The molecule has 0 aliphatic carbocycles. The third kappa shape index (κ3) is 6.01. The molecule has 1 aliphatic rings. The summed E-state index contributed by atoms with van der Waals surface area (Å²) < 4.78 is 30.9. The van der Waals surface area contributed by atoms with Gasteiger partial charge in [-0.3, -0.25) is 4.79 Å². The van der Waals surface area contributed by atoms with Gasteiger partial charge in [-0.25, -0.2) is 13.1 Å². The summed E-state index contributed by atoms with van der Waals surface area (Å²) in [6.07, 6.45) is 3.42. The number of nitrogens with zero attached hydrogens (tertiary/aromatic N) is 1. The monoisotopic (exact) mass is 368 g/mol. The molecule has 1 unspecified atom stereocenters. The van der Waals surface area contributed by atoms with E-state index in [1.54, 1.807) is 4.90 Å². The van der Waals surface area contributed by atoms with Crippen molar-refractivity contribution in [3.05, 3.63) is 29.8 Å². The lowest BCUT2D eigenvalue weighted by Gasteiger charge is -2.32. The number of likely N-dealkylation sites (tertiary alicyclic amines) is 1. The van der Waals surface area contributed by atoms with E-state index in [1.165, 1.54) is 0 Å². The number of carbonyl (C=O) groups excluding carboxylic acids is 1. The molecule has 1 fully saturated rings. The first-order valence-corrected chi connectivity index (χ1v) is 10.7. The fraction of sp³-hybridized carbons (Fsp3) is 0.611. The molecule has 1 heterocycles. The molecular formula is C18H28N2O4S. The van der Waals surface area contributed by atoms with Gasteiger partial charge in [0.05, 0.1) is 6.26 Å². The molecular weight excluding hydrogens is 340 g/mol. The first-order valence-electron chi connectivity index (χ1n) is 8.77. The van der Waals surface area contributed by atoms with Crippen LogP contribution in [0.3, 0.4) is 0 Å². The summed E-state index contributed by atoms with van der Waals surface area (Å²) in [5.74, 6) is 1.08. The minimum Gasteiger partial charge on any atom is -0.483 e. The van der Waals surface area contributed by atoms with Crippen molar-refractivity contribution < 1.29 is 17.9 Å². The maximum Gasteiger partial charge on any atom is 0.260 e. The third-order valence-electron chi connectivity index (χ3n) is 4.64. The average Bonchev–Trinajstić information content (AvgIpc) is 2.58. The summed E-state index contributed by atoms with van der Waals surface area (Å²) in [6, 6.07) is 7.74. The maximum atomic E-state index is 12.4. The van der Waals surface area contributed by atoms with E-state index in [1.807, 2.05) is 24.3 Å². The second kappa shape index (κ2) is 8.67. The van der Waals surface area contributed by atoms with E-state index in [-0.39, 0.29) is 18.6 Å². The van der Waals surface area contributed by atoms with Crippen LogP contribution in [0.2, 0.25) is 0 Å². The van der Waals surface area contributed by atoms with Crippen molar-refractivity contribution >= 4 is 15.9 Å². The van der Waals surface area contributed by atoms with Crippen LogP contribution in [0, 0.1) is 0 Å². The van der Waals surface area contributed by atoms with Gasteiger partial charge in [0, 0.05) is 19.1 Å². The molecule has 0 aromatic heterocycles. The summed E-state index contributed by atoms with van der Waals surface area (Å²) in [5.41, 5.74) is 1.12. The van der Waals surface area contributed by atoms with Gasteiger partial charge >= 0.3 is 0 Å². The summed E-state index contributed by atoms with van der Waals surface area (Å²) in [6.45, 7) is 5.37. The highest BCUT2D eigenvalue weighted by Gasteiger charge is 2.25. The molecule has 1 saturated heterocycles. The lowest BCUT2D eigenvalue weighted by atomic mass is 9.98. The van der Waals surface area contributed by atoms with E-state index in [0.29, 0.717) is 31.8 Å². The minimum atomic E-state index is -3.20. The van der Waals surface area contributed by atoms with E-state index >= 15 is 0 Å². The fourth-order valence-corrected chi connectivity index (χ4v) is 3.86. The van der Waals surface area contributed by atoms with E-state index < -0.39 is 10.0 Å². The number of carbonyl (C=O) groups is 1. The molecule has 7 heteroatoms. The van der Waals surface area contributed by atoms with Crippen molar-refractivity contribution in [3.8, 4) is 5.75 Å². The number of sulfonamides is 1. The molecule has 0 radical (unpaired) electrons. The highest BCUT2D eigenvalue weighted by Crippen LogP contribution is 2.28. The predicted molar refractivity (Wildman–Crippen MR) is 98.2 cm³/mol. The Morgan fingerprint density at radius 2 is 1.96 bits per heavy atom. The molecule has 2 rings (SSSR count). The molecule has 25 heavy (non-hydrogen) atoms. The molecule has 0 bridgehead atoms. The van der Waals surface area contributed by atoms with Crippen LogP contribution in [0.5, 0.6) is 5.75 Å². The van der Waals surface area contributed by atoms with Gasteiger partial charge in [-0.2, -0.15) is 0 Å². The number of amides is 1. The maximum absolute atomic E-state index is 12.4. The Labute approximate surface area is 150 Å². The summed E-state index contributed by atoms with van der Waals surface area (Å²) in [5, 5.41) is 0. The predicted octanol–water partition coefficient (Wildman–Crippen LogP) is 2.12. The largest absolute Gasteiger partial charge is 0.483 e. The molecule has 1 aromatic rings. The van der Waals surface area contributed by atoms with Crippen molar-refractivity contribution in [3.63, 3.8) is 0 Å². The van der Waals surface area contributed by atoms with Crippen LogP contribution in [0.4, 0.5) is 0 Å². The van der Waals surface area contributed by atoms with Gasteiger partial charge in [0.25, 0.3) is 5.91 Å². The average molecular weight is 368 g/mol. The zero-order valence-electron chi connectivity index (χ0n) is 15.2. The molecule has 140 valence electrons. The number of ether oxygens (including phenoxy) is 1. The summed E-state index contributed by atoms with van der Waals surface area (Å²) in [7, 11) is -3.20.